The summed E-state index contributed by atoms with van der Waals surface area (Å²) in [6.07, 6.45) is 5.90. The van der Waals surface area contributed by atoms with E-state index in [1.54, 1.807) is 11.6 Å². The van der Waals surface area contributed by atoms with Crippen molar-refractivity contribution in [1.82, 2.24) is 14.5 Å². The van der Waals surface area contributed by atoms with E-state index in [0.29, 0.717) is 21.7 Å². The average Bonchev–Trinajstić information content (AvgIpc) is 3.06. The van der Waals surface area contributed by atoms with Gasteiger partial charge in [-0.2, -0.15) is 0 Å². The molecule has 1 aliphatic carbocycles. The number of thioether (sulfide) groups is 1. The number of nitrogens with zero attached hydrogens (tertiary/aromatic N) is 3. The van der Waals surface area contributed by atoms with Crippen LogP contribution >= 0.6 is 23.1 Å². The van der Waals surface area contributed by atoms with Crippen LogP contribution in [-0.2, 0) is 11.8 Å². The van der Waals surface area contributed by atoms with Crippen LogP contribution in [0.4, 0.5) is 0 Å². The normalized spacial score (nSPS) is 15.8. The zero-order valence-corrected chi connectivity index (χ0v) is 16.7. The number of hydrogen-bond donors (Lipinski definition) is 0. The number of hydrogen-bond acceptors (Lipinski definition) is 5. The molecule has 1 amide bonds. The van der Waals surface area contributed by atoms with Gasteiger partial charge in [0.15, 0.2) is 5.16 Å². The molecule has 3 rings (SSSR count). The van der Waals surface area contributed by atoms with Crippen LogP contribution in [0.5, 0.6) is 0 Å². The molecule has 136 valence electrons. The Kier molecular flexibility index (Phi) is 5.84. The fraction of sp³-hybridized carbons (Fsp3) is 0.611. The van der Waals surface area contributed by atoms with E-state index in [-0.39, 0.29) is 17.5 Å². The van der Waals surface area contributed by atoms with Crippen molar-refractivity contribution in [1.29, 1.82) is 0 Å². The quantitative estimate of drug-likeness (QED) is 0.588. The summed E-state index contributed by atoms with van der Waals surface area (Å²) in [5.41, 5.74) is 0.680. The monoisotopic (exact) mass is 379 g/mol. The SMILES string of the molecule is CC(C)N(C(=O)CSc1nc2ccsc2c(=O)n1C)C1CCCCC1. The van der Waals surface area contributed by atoms with Gasteiger partial charge in [0.2, 0.25) is 5.91 Å². The van der Waals surface area contributed by atoms with Gasteiger partial charge in [-0.15, -0.1) is 11.3 Å². The molecule has 0 N–H and O–H groups in total. The van der Waals surface area contributed by atoms with Crippen LogP contribution < -0.4 is 5.56 Å². The van der Waals surface area contributed by atoms with E-state index < -0.39 is 0 Å². The van der Waals surface area contributed by atoms with Gasteiger partial charge in [-0.1, -0.05) is 31.0 Å². The van der Waals surface area contributed by atoms with Crippen molar-refractivity contribution in [2.75, 3.05) is 5.75 Å². The summed E-state index contributed by atoms with van der Waals surface area (Å²) in [5.74, 6) is 0.469. The molecule has 0 aromatic carbocycles. The van der Waals surface area contributed by atoms with E-state index in [1.165, 1.54) is 42.4 Å². The molecule has 2 aromatic heterocycles. The van der Waals surface area contributed by atoms with Crippen LogP contribution in [0.1, 0.15) is 46.0 Å². The maximum atomic E-state index is 12.9. The van der Waals surface area contributed by atoms with Gasteiger partial charge >= 0.3 is 0 Å². The van der Waals surface area contributed by atoms with Crippen molar-refractivity contribution in [2.24, 2.45) is 7.05 Å². The molecular weight excluding hydrogens is 354 g/mol. The lowest BCUT2D eigenvalue weighted by Crippen LogP contribution is -2.46. The molecule has 0 radical (unpaired) electrons. The lowest BCUT2D eigenvalue weighted by atomic mass is 9.93. The lowest BCUT2D eigenvalue weighted by Gasteiger charge is -2.37. The summed E-state index contributed by atoms with van der Waals surface area (Å²) >= 11 is 2.77. The Morgan fingerprint density at radius 1 is 1.40 bits per heavy atom. The molecule has 1 fully saturated rings. The highest BCUT2D eigenvalue weighted by atomic mass is 32.2. The van der Waals surface area contributed by atoms with Crippen molar-refractivity contribution in [3.05, 3.63) is 21.8 Å². The highest BCUT2D eigenvalue weighted by molar-refractivity contribution is 7.99. The fourth-order valence-electron chi connectivity index (χ4n) is 3.57. The van der Waals surface area contributed by atoms with Gasteiger partial charge in [0.25, 0.3) is 5.56 Å². The summed E-state index contributed by atoms with van der Waals surface area (Å²) in [4.78, 5) is 31.8. The van der Waals surface area contributed by atoms with E-state index in [1.807, 2.05) is 16.3 Å². The summed E-state index contributed by atoms with van der Waals surface area (Å²) < 4.78 is 2.22. The highest BCUT2D eigenvalue weighted by Crippen LogP contribution is 2.26. The van der Waals surface area contributed by atoms with E-state index in [9.17, 15) is 9.59 Å². The minimum atomic E-state index is -0.0389. The Bertz CT molecular complexity index is 806. The lowest BCUT2D eigenvalue weighted by molar-refractivity contribution is -0.133. The topological polar surface area (TPSA) is 55.2 Å². The summed E-state index contributed by atoms with van der Waals surface area (Å²) in [6, 6.07) is 2.42. The highest BCUT2D eigenvalue weighted by Gasteiger charge is 2.27. The van der Waals surface area contributed by atoms with Crippen molar-refractivity contribution in [3.8, 4) is 0 Å². The molecule has 0 saturated heterocycles. The predicted octanol–water partition coefficient (Wildman–Crippen LogP) is 3.66. The van der Waals surface area contributed by atoms with Crippen LogP contribution in [0.2, 0.25) is 0 Å². The van der Waals surface area contributed by atoms with E-state index >= 15 is 0 Å². The van der Waals surface area contributed by atoms with Crippen LogP contribution in [0.15, 0.2) is 21.4 Å². The van der Waals surface area contributed by atoms with Crippen LogP contribution in [-0.4, -0.2) is 38.2 Å². The maximum Gasteiger partial charge on any atom is 0.271 e. The third kappa shape index (κ3) is 3.92. The minimum Gasteiger partial charge on any atom is -0.337 e. The Labute approximate surface area is 156 Å². The van der Waals surface area contributed by atoms with Crippen molar-refractivity contribution >= 4 is 39.2 Å². The zero-order valence-electron chi connectivity index (χ0n) is 15.0. The molecule has 25 heavy (non-hydrogen) atoms. The Balaban J connectivity index is 1.74. The van der Waals surface area contributed by atoms with Gasteiger partial charge in [-0.25, -0.2) is 4.98 Å². The third-order valence-corrected chi connectivity index (χ3v) is 6.69. The standard InChI is InChI=1S/C18H25N3O2S2/c1-12(2)21(13-7-5-4-6-8-13)15(22)11-25-18-19-14-9-10-24-16(14)17(23)20(18)3/h9-10,12-13H,4-8,11H2,1-3H3. The number of carbonyl (C=O) groups is 1. The molecular formula is C18H25N3O2S2. The average molecular weight is 380 g/mol. The van der Waals surface area contributed by atoms with Crippen LogP contribution in [0.3, 0.4) is 0 Å². The molecule has 1 aliphatic rings. The molecule has 5 nitrogen and oxygen atoms in total. The second-order valence-electron chi connectivity index (χ2n) is 6.87. The Morgan fingerprint density at radius 3 is 2.80 bits per heavy atom. The van der Waals surface area contributed by atoms with Gasteiger partial charge in [0.1, 0.15) is 4.70 Å². The molecule has 0 spiro atoms. The predicted molar refractivity (Wildman–Crippen MR) is 104 cm³/mol. The Morgan fingerprint density at radius 2 is 2.12 bits per heavy atom. The first-order valence-corrected chi connectivity index (χ1v) is 10.7. The van der Waals surface area contributed by atoms with Gasteiger partial charge in [0, 0.05) is 19.1 Å². The van der Waals surface area contributed by atoms with Gasteiger partial charge in [-0.3, -0.25) is 14.2 Å². The molecule has 2 aromatic rings. The molecule has 7 heteroatoms. The number of thiophene rings is 1. The molecule has 0 bridgehead atoms. The summed E-state index contributed by atoms with van der Waals surface area (Å²) in [6.45, 7) is 4.17. The first-order chi connectivity index (χ1) is 12.0. The van der Waals surface area contributed by atoms with E-state index in [2.05, 4.69) is 18.8 Å². The fourth-order valence-corrected chi connectivity index (χ4v) is 5.22. The maximum absolute atomic E-state index is 12.9. The second-order valence-corrected chi connectivity index (χ2v) is 8.73. The minimum absolute atomic E-state index is 0.0389. The van der Waals surface area contributed by atoms with Gasteiger partial charge in [-0.05, 0) is 38.1 Å². The molecule has 0 unspecified atom stereocenters. The first-order valence-electron chi connectivity index (χ1n) is 8.87. The molecule has 0 aliphatic heterocycles. The van der Waals surface area contributed by atoms with E-state index in [4.69, 9.17) is 0 Å². The number of carbonyl (C=O) groups excluding carboxylic acids is 1. The Hall–Kier alpha value is -1.34. The molecule has 1 saturated carbocycles. The van der Waals surface area contributed by atoms with Crippen molar-refractivity contribution in [2.45, 2.75) is 63.2 Å². The smallest absolute Gasteiger partial charge is 0.271 e. The largest absolute Gasteiger partial charge is 0.337 e. The molecule has 2 heterocycles. The van der Waals surface area contributed by atoms with Crippen molar-refractivity contribution < 1.29 is 4.79 Å². The van der Waals surface area contributed by atoms with Crippen molar-refractivity contribution in [3.63, 3.8) is 0 Å². The van der Waals surface area contributed by atoms with Crippen LogP contribution in [0, 0.1) is 0 Å². The number of aromatic nitrogens is 2. The second kappa shape index (κ2) is 7.91. The first kappa shape index (κ1) is 18.5. The summed E-state index contributed by atoms with van der Waals surface area (Å²) in [5, 5.41) is 2.49. The van der Waals surface area contributed by atoms with Gasteiger partial charge < -0.3 is 4.90 Å². The van der Waals surface area contributed by atoms with Crippen LogP contribution in [0.25, 0.3) is 10.2 Å². The molecule has 0 atom stereocenters. The number of amides is 1. The number of rotatable bonds is 5. The van der Waals surface area contributed by atoms with E-state index in [0.717, 1.165) is 18.4 Å². The number of fused-ring (bicyclic) bond motifs is 1. The summed E-state index contributed by atoms with van der Waals surface area (Å²) in [7, 11) is 1.72. The zero-order chi connectivity index (χ0) is 18.0. The van der Waals surface area contributed by atoms with Gasteiger partial charge in [0.05, 0.1) is 11.3 Å². The third-order valence-electron chi connectivity index (χ3n) is 4.78.